The van der Waals surface area contributed by atoms with Gasteiger partial charge in [0.1, 0.15) is 48.1 Å². The number of methoxy groups -OCH3 is 1. The number of aliphatic hydroxyl groups excluding tert-OH is 1. The van der Waals surface area contributed by atoms with Crippen molar-refractivity contribution in [3.63, 3.8) is 0 Å². The number of benzene rings is 1. The Morgan fingerprint density at radius 2 is 1.49 bits per heavy atom. The van der Waals surface area contributed by atoms with Crippen LogP contribution in [0.2, 0.25) is 0 Å². The van der Waals surface area contributed by atoms with Crippen LogP contribution in [0, 0.1) is 35.5 Å². The summed E-state index contributed by atoms with van der Waals surface area (Å²) < 4.78 is 17.3. The summed E-state index contributed by atoms with van der Waals surface area (Å²) in [5.41, 5.74) is 0.604. The molecule has 7 amide bonds. The number of ether oxygens (including phenoxy) is 3. The van der Waals surface area contributed by atoms with Gasteiger partial charge in [0.05, 0.1) is 25.7 Å². The van der Waals surface area contributed by atoms with Crippen LogP contribution in [0.4, 0.5) is 0 Å². The Hall–Kier alpha value is -5.79. The molecule has 0 radical (unpaired) electrons. The van der Waals surface area contributed by atoms with Crippen molar-refractivity contribution in [3.05, 3.63) is 29.8 Å². The van der Waals surface area contributed by atoms with Crippen molar-refractivity contribution in [2.45, 2.75) is 196 Å². The lowest BCUT2D eigenvalue weighted by Crippen LogP contribution is -2.62. The third kappa shape index (κ3) is 17.6. The number of hydrogen-bond donors (Lipinski definition) is 5. The minimum atomic E-state index is -1.71. The molecule has 2 fully saturated rings. The maximum absolute atomic E-state index is 14.9. The molecule has 75 heavy (non-hydrogen) atoms. The minimum Gasteiger partial charge on any atom is -0.497 e. The number of likely N-dealkylation sites (N-methyl/N-ethyl adjacent to an activating group) is 2. The second-order valence-electron chi connectivity index (χ2n) is 22.4. The Bertz CT molecular complexity index is 2130. The van der Waals surface area contributed by atoms with Crippen LogP contribution < -0.4 is 26.0 Å². The number of nitrogens with zero attached hydrogens (tertiary/aromatic N) is 3. The van der Waals surface area contributed by atoms with Crippen LogP contribution in [-0.2, 0) is 59.0 Å². The summed E-state index contributed by atoms with van der Waals surface area (Å²) in [7, 11) is 4.37. The van der Waals surface area contributed by atoms with Crippen molar-refractivity contribution in [1.29, 1.82) is 0 Å². The van der Waals surface area contributed by atoms with E-state index in [-0.39, 0.29) is 55.9 Å². The fraction of sp³-hybridized carbons (Fsp3) is 0.727. The highest BCUT2D eigenvalue weighted by Gasteiger charge is 2.45. The lowest BCUT2D eigenvalue weighted by Gasteiger charge is -2.36. The molecule has 0 aliphatic carbocycles. The van der Waals surface area contributed by atoms with Gasteiger partial charge in [0.25, 0.3) is 5.91 Å². The summed E-state index contributed by atoms with van der Waals surface area (Å²) in [6, 6.07) is -1.79. The van der Waals surface area contributed by atoms with E-state index in [9.17, 15) is 48.3 Å². The van der Waals surface area contributed by atoms with Crippen molar-refractivity contribution in [3.8, 4) is 5.75 Å². The molecule has 2 aliphatic heterocycles. The number of hydrogen-bond acceptors (Lipinski definition) is 13. The van der Waals surface area contributed by atoms with Gasteiger partial charge in [-0.3, -0.25) is 38.4 Å². The molecular weight excluding hydrogens is 967 g/mol. The number of rotatable bonds is 17. The fourth-order valence-electron chi connectivity index (χ4n) is 9.36. The van der Waals surface area contributed by atoms with Gasteiger partial charge in [-0.15, -0.1) is 0 Å². The molecule has 422 valence electrons. The average Bonchev–Trinajstić information content (AvgIpc) is 3.84. The molecule has 1 aromatic rings. The fourth-order valence-corrected chi connectivity index (χ4v) is 9.36. The smallest absolute Gasteiger partial charge is 0.329 e. The van der Waals surface area contributed by atoms with Crippen molar-refractivity contribution in [2.75, 3.05) is 27.7 Å². The number of esters is 2. The van der Waals surface area contributed by atoms with Gasteiger partial charge in [0.15, 0.2) is 6.10 Å². The number of carbonyl (C=O) groups excluding carboxylic acids is 9. The number of aliphatic hydroxyl groups is 1. The lowest BCUT2D eigenvalue weighted by molar-refractivity contribution is -0.162. The molecular formula is C55H89N7O13. The van der Waals surface area contributed by atoms with Crippen LogP contribution in [0.3, 0.4) is 0 Å². The van der Waals surface area contributed by atoms with E-state index >= 15 is 0 Å². The maximum Gasteiger partial charge on any atom is 0.329 e. The zero-order chi connectivity index (χ0) is 56.8. The molecule has 0 aromatic heterocycles. The third-order valence-corrected chi connectivity index (χ3v) is 14.2. The minimum absolute atomic E-state index is 0.0889. The Balaban J connectivity index is 2.28. The summed E-state index contributed by atoms with van der Waals surface area (Å²) in [6.45, 7) is 22.8. The first-order chi connectivity index (χ1) is 35.0. The van der Waals surface area contributed by atoms with Crippen molar-refractivity contribution in [1.82, 2.24) is 36.0 Å². The normalized spacial score (nSPS) is 25.2. The highest BCUT2D eigenvalue weighted by molar-refractivity contribution is 5.96. The van der Waals surface area contributed by atoms with Crippen molar-refractivity contribution < 1.29 is 62.5 Å². The van der Waals surface area contributed by atoms with Crippen LogP contribution in [0.1, 0.15) is 134 Å². The average molecular weight is 1060 g/mol. The van der Waals surface area contributed by atoms with Crippen LogP contribution in [0.15, 0.2) is 24.3 Å². The third-order valence-electron chi connectivity index (χ3n) is 14.2. The first-order valence-electron chi connectivity index (χ1n) is 26.8. The monoisotopic (exact) mass is 1060 g/mol. The summed E-state index contributed by atoms with van der Waals surface area (Å²) in [5.74, 6) is -8.02. The zero-order valence-corrected chi connectivity index (χ0v) is 47.4. The number of nitrogens with one attached hydrogen (secondary N) is 4. The quantitative estimate of drug-likeness (QED) is 0.140. The Labute approximate surface area is 444 Å². The molecule has 20 heteroatoms. The van der Waals surface area contributed by atoms with E-state index in [0.29, 0.717) is 24.2 Å². The Kier molecular flexibility index (Phi) is 24.5. The number of fused-ring (bicyclic) bond motifs is 1. The van der Waals surface area contributed by atoms with E-state index in [1.165, 1.54) is 42.8 Å². The maximum atomic E-state index is 14.9. The number of amides is 7. The van der Waals surface area contributed by atoms with Gasteiger partial charge >= 0.3 is 11.9 Å². The van der Waals surface area contributed by atoms with Gasteiger partial charge < -0.3 is 55.3 Å². The standard InChI is InChI=1S/C55H89N7O13/c1-17-34(12)45-42(63)28-43(64)75-47(32(8)9)51(68)56-38(25-29(2)3)52(69)62-24-18-19-39(62)53(70)61(15)41(27-36-20-22-37(73-16)23-21-36)55(72)74-35(13)46(50(67)58-45)59-49(66)40(26-30(4)5)60(14)54(71)44(31(6)7)57-48(65)33(10)11/h20-23,29-35,38-42,44-47,63H,17-19,24-28H2,1-16H3,(H,56,68)(H,57,65)(H,58,67)(H,59,66)/t34-,35+,38-,39?,40+,41-,42-,44-,45+,46-,47-/m0/s1. The molecule has 5 N–H and O–H groups in total. The summed E-state index contributed by atoms with van der Waals surface area (Å²) in [4.78, 5) is 133. The van der Waals surface area contributed by atoms with Gasteiger partial charge in [-0.2, -0.15) is 0 Å². The largest absolute Gasteiger partial charge is 0.497 e. The van der Waals surface area contributed by atoms with E-state index in [4.69, 9.17) is 14.2 Å². The number of cyclic esters (lactones) is 2. The summed E-state index contributed by atoms with van der Waals surface area (Å²) >= 11 is 0. The van der Waals surface area contributed by atoms with Gasteiger partial charge in [-0.25, -0.2) is 4.79 Å². The lowest BCUT2D eigenvalue weighted by atomic mass is 9.92. The van der Waals surface area contributed by atoms with Crippen LogP contribution in [-0.4, -0.2) is 161 Å². The molecule has 20 nitrogen and oxygen atoms in total. The predicted octanol–water partition coefficient (Wildman–Crippen LogP) is 3.54. The molecule has 1 aromatic carbocycles. The predicted molar refractivity (Wildman–Crippen MR) is 281 cm³/mol. The molecule has 2 heterocycles. The summed E-state index contributed by atoms with van der Waals surface area (Å²) in [6.07, 6.45) is -3.87. The van der Waals surface area contributed by atoms with Gasteiger partial charge in [0.2, 0.25) is 35.4 Å². The van der Waals surface area contributed by atoms with E-state index in [1.807, 2.05) is 34.6 Å². The molecule has 3 rings (SSSR count). The van der Waals surface area contributed by atoms with Crippen molar-refractivity contribution >= 4 is 53.3 Å². The van der Waals surface area contributed by atoms with Gasteiger partial charge in [-0.1, -0.05) is 102 Å². The van der Waals surface area contributed by atoms with Crippen LogP contribution >= 0.6 is 0 Å². The molecule has 2 saturated heterocycles. The molecule has 11 atom stereocenters. The van der Waals surface area contributed by atoms with E-state index in [0.717, 1.165) is 0 Å². The molecule has 0 spiro atoms. The van der Waals surface area contributed by atoms with E-state index < -0.39 is 132 Å². The second kappa shape index (κ2) is 28.9. The second-order valence-corrected chi connectivity index (χ2v) is 22.4. The number of carbonyl (C=O) groups is 9. The molecule has 2 aliphatic rings. The topological polar surface area (TPSA) is 259 Å². The molecule has 0 bridgehead atoms. The first-order valence-corrected chi connectivity index (χ1v) is 26.8. The van der Waals surface area contributed by atoms with Crippen LogP contribution in [0.5, 0.6) is 5.75 Å². The highest BCUT2D eigenvalue weighted by atomic mass is 16.6. The first kappa shape index (κ1) is 63.5. The summed E-state index contributed by atoms with van der Waals surface area (Å²) in [5, 5.41) is 23.0. The van der Waals surface area contributed by atoms with Crippen molar-refractivity contribution in [2.24, 2.45) is 35.5 Å². The van der Waals surface area contributed by atoms with Gasteiger partial charge in [-0.05, 0) is 79.9 Å². The SMILES string of the molecule is CC[C@H](C)[C@H]1NC(=O)[C@@H](NC(=O)[C@@H](CC(C)C)N(C)C(=O)[C@@H](NC(=O)C(C)C)C(C)C)[C@@H](C)OC(=O)[C@H](Cc2ccc(OC)cc2)N(C)C(=O)C2CCCN2C(=O)[C@H](CC(C)C)NC(=O)[C@H](C(C)C)OC(=O)C[C@@H]1O. The van der Waals surface area contributed by atoms with E-state index in [2.05, 4.69) is 21.3 Å². The van der Waals surface area contributed by atoms with E-state index in [1.54, 1.807) is 72.7 Å². The highest BCUT2D eigenvalue weighted by Crippen LogP contribution is 2.26. The van der Waals surface area contributed by atoms with Crippen LogP contribution in [0.25, 0.3) is 0 Å². The molecule has 1 unspecified atom stereocenters. The molecule has 0 saturated carbocycles. The zero-order valence-electron chi connectivity index (χ0n) is 47.4. The van der Waals surface area contributed by atoms with Gasteiger partial charge in [0, 0.05) is 33.0 Å². The Morgan fingerprint density at radius 1 is 0.867 bits per heavy atom. The Morgan fingerprint density at radius 3 is 2.03 bits per heavy atom.